The second-order valence-electron chi connectivity index (χ2n) is 6.80. The molecular formula is C23H21N3O2. The zero-order chi connectivity index (χ0) is 19.5. The summed E-state index contributed by atoms with van der Waals surface area (Å²) in [5.74, 6) is 1.25. The molecule has 140 valence electrons. The highest BCUT2D eigenvalue weighted by molar-refractivity contribution is 5.95. The first-order chi connectivity index (χ1) is 13.6. The van der Waals surface area contributed by atoms with Crippen LogP contribution < -0.4 is 10.2 Å². The second kappa shape index (κ2) is 7.56. The van der Waals surface area contributed by atoms with Crippen molar-refractivity contribution in [3.05, 3.63) is 95.9 Å². The molecule has 0 aliphatic rings. The highest BCUT2D eigenvalue weighted by Gasteiger charge is 2.22. The summed E-state index contributed by atoms with van der Waals surface area (Å²) in [4.78, 5) is 19.1. The number of para-hydroxylation sites is 1. The number of nitrogens with one attached hydrogen (secondary N) is 1. The van der Waals surface area contributed by atoms with Crippen molar-refractivity contribution in [3.63, 3.8) is 0 Å². The van der Waals surface area contributed by atoms with Crippen molar-refractivity contribution in [1.29, 1.82) is 0 Å². The van der Waals surface area contributed by atoms with Gasteiger partial charge in [-0.2, -0.15) is 0 Å². The third-order valence-electron chi connectivity index (χ3n) is 4.60. The van der Waals surface area contributed by atoms with Gasteiger partial charge in [0.2, 0.25) is 0 Å². The van der Waals surface area contributed by atoms with Gasteiger partial charge in [-0.1, -0.05) is 48.5 Å². The number of fused-ring (bicyclic) bond motifs is 1. The van der Waals surface area contributed by atoms with Gasteiger partial charge < -0.3 is 14.6 Å². The summed E-state index contributed by atoms with van der Waals surface area (Å²) in [5.41, 5.74) is 2.30. The molecule has 2 heterocycles. The van der Waals surface area contributed by atoms with E-state index in [2.05, 4.69) is 10.3 Å². The van der Waals surface area contributed by atoms with Crippen molar-refractivity contribution >= 4 is 22.7 Å². The molecule has 1 amide bonds. The van der Waals surface area contributed by atoms with Crippen LogP contribution in [0.1, 0.15) is 27.7 Å². The maximum Gasteiger partial charge on any atom is 0.252 e. The Morgan fingerprint density at radius 2 is 1.75 bits per heavy atom. The molecule has 1 N–H and O–H groups in total. The number of carbonyl (C=O) groups excluding carboxylic acids is 1. The Kier molecular flexibility index (Phi) is 4.81. The Morgan fingerprint density at radius 1 is 1.00 bits per heavy atom. The van der Waals surface area contributed by atoms with Gasteiger partial charge in [0.1, 0.15) is 23.2 Å². The number of furan rings is 1. The minimum atomic E-state index is -0.392. The number of aromatic nitrogens is 1. The maximum atomic E-state index is 13.0. The number of carbonyl (C=O) groups is 1. The van der Waals surface area contributed by atoms with Crippen molar-refractivity contribution in [1.82, 2.24) is 10.3 Å². The first-order valence-corrected chi connectivity index (χ1v) is 9.09. The number of hydrogen-bond acceptors (Lipinski definition) is 4. The highest BCUT2D eigenvalue weighted by Crippen LogP contribution is 2.28. The molecule has 2 aromatic heterocycles. The van der Waals surface area contributed by atoms with Crippen LogP contribution in [-0.4, -0.2) is 25.0 Å². The van der Waals surface area contributed by atoms with Crippen LogP contribution in [0.5, 0.6) is 0 Å². The molecule has 0 aliphatic carbocycles. The lowest BCUT2D eigenvalue weighted by molar-refractivity contribution is 0.0939. The highest BCUT2D eigenvalue weighted by atomic mass is 16.3. The molecule has 0 saturated heterocycles. The summed E-state index contributed by atoms with van der Waals surface area (Å²) in [6.45, 7) is 0. The van der Waals surface area contributed by atoms with Gasteiger partial charge in [-0.3, -0.25) is 4.79 Å². The molecule has 0 saturated carbocycles. The van der Waals surface area contributed by atoms with Crippen molar-refractivity contribution < 1.29 is 9.21 Å². The average molecular weight is 371 g/mol. The zero-order valence-corrected chi connectivity index (χ0v) is 15.8. The van der Waals surface area contributed by atoms with Crippen LogP contribution in [0.15, 0.2) is 83.4 Å². The first-order valence-electron chi connectivity index (χ1n) is 9.09. The standard InChI is InChI=1S/C23H21N3O2/c1-26(2)21-15-18(12-13-24-21)23(27)25-22(16-8-4-3-5-9-16)20-14-17-10-6-7-11-19(17)28-20/h3-15,22H,1-2H3,(H,25,27)/t22-/m0/s1. The van der Waals surface area contributed by atoms with Gasteiger partial charge in [0.05, 0.1) is 0 Å². The van der Waals surface area contributed by atoms with Gasteiger partial charge in [-0.05, 0) is 29.8 Å². The Morgan fingerprint density at radius 3 is 2.50 bits per heavy atom. The number of nitrogens with zero attached hydrogens (tertiary/aromatic N) is 2. The van der Waals surface area contributed by atoms with Crippen LogP contribution in [0, 0.1) is 0 Å². The number of rotatable bonds is 5. The van der Waals surface area contributed by atoms with Crippen LogP contribution in [-0.2, 0) is 0 Å². The van der Waals surface area contributed by atoms with E-state index in [1.165, 1.54) is 0 Å². The normalized spacial score (nSPS) is 11.9. The molecule has 4 aromatic rings. The summed E-state index contributed by atoms with van der Waals surface area (Å²) in [7, 11) is 3.79. The number of pyridine rings is 1. The van der Waals surface area contributed by atoms with Gasteiger partial charge in [0.15, 0.2) is 0 Å². The number of benzene rings is 2. The molecule has 0 spiro atoms. The van der Waals surface area contributed by atoms with E-state index in [1.54, 1.807) is 18.3 Å². The Hall–Kier alpha value is -3.60. The molecule has 2 aromatic carbocycles. The molecular weight excluding hydrogens is 350 g/mol. The molecule has 5 heteroatoms. The zero-order valence-electron chi connectivity index (χ0n) is 15.8. The smallest absolute Gasteiger partial charge is 0.252 e. The molecule has 4 rings (SSSR count). The van der Waals surface area contributed by atoms with E-state index in [4.69, 9.17) is 4.42 Å². The molecule has 28 heavy (non-hydrogen) atoms. The second-order valence-corrected chi connectivity index (χ2v) is 6.80. The van der Waals surface area contributed by atoms with E-state index in [0.717, 1.165) is 22.4 Å². The molecule has 5 nitrogen and oxygen atoms in total. The third-order valence-corrected chi connectivity index (χ3v) is 4.60. The van der Waals surface area contributed by atoms with Gasteiger partial charge >= 0.3 is 0 Å². The van der Waals surface area contributed by atoms with E-state index in [0.29, 0.717) is 11.3 Å². The van der Waals surface area contributed by atoms with Crippen LogP contribution in [0.4, 0.5) is 5.82 Å². The lowest BCUT2D eigenvalue weighted by Gasteiger charge is -2.18. The fraction of sp³-hybridized carbons (Fsp3) is 0.130. The van der Waals surface area contributed by atoms with Crippen molar-refractivity contribution in [2.24, 2.45) is 0 Å². The summed E-state index contributed by atoms with van der Waals surface area (Å²) in [6, 6.07) is 22.7. The third kappa shape index (κ3) is 3.60. The van der Waals surface area contributed by atoms with E-state index < -0.39 is 6.04 Å². The minimum absolute atomic E-state index is 0.181. The molecule has 0 aliphatic heterocycles. The fourth-order valence-corrected chi connectivity index (χ4v) is 3.13. The van der Waals surface area contributed by atoms with E-state index in [1.807, 2.05) is 79.7 Å². The molecule has 1 atom stereocenters. The Balaban J connectivity index is 1.70. The number of amides is 1. The van der Waals surface area contributed by atoms with E-state index in [-0.39, 0.29) is 5.91 Å². The molecule has 0 bridgehead atoms. The first kappa shape index (κ1) is 17.8. The summed E-state index contributed by atoms with van der Waals surface area (Å²) in [5, 5.41) is 4.12. The Bertz CT molecular complexity index is 1070. The molecule has 0 radical (unpaired) electrons. The summed E-state index contributed by atoms with van der Waals surface area (Å²) < 4.78 is 6.05. The van der Waals surface area contributed by atoms with E-state index in [9.17, 15) is 4.79 Å². The van der Waals surface area contributed by atoms with Gasteiger partial charge in [0.25, 0.3) is 5.91 Å². The minimum Gasteiger partial charge on any atom is -0.459 e. The summed E-state index contributed by atoms with van der Waals surface area (Å²) in [6.07, 6.45) is 1.64. The monoisotopic (exact) mass is 371 g/mol. The van der Waals surface area contributed by atoms with E-state index >= 15 is 0 Å². The van der Waals surface area contributed by atoms with Crippen LogP contribution in [0.2, 0.25) is 0 Å². The lowest BCUT2D eigenvalue weighted by Crippen LogP contribution is -2.29. The van der Waals surface area contributed by atoms with Gasteiger partial charge in [-0.25, -0.2) is 4.98 Å². The fourth-order valence-electron chi connectivity index (χ4n) is 3.13. The predicted octanol–water partition coefficient (Wildman–Crippen LogP) is 4.41. The molecule has 0 unspecified atom stereocenters. The van der Waals surface area contributed by atoms with Gasteiger partial charge in [0, 0.05) is 31.2 Å². The lowest BCUT2D eigenvalue weighted by atomic mass is 10.0. The van der Waals surface area contributed by atoms with Crippen LogP contribution in [0.25, 0.3) is 11.0 Å². The predicted molar refractivity (Wildman–Crippen MR) is 111 cm³/mol. The van der Waals surface area contributed by atoms with Gasteiger partial charge in [-0.15, -0.1) is 0 Å². The number of anilines is 1. The van der Waals surface area contributed by atoms with Crippen molar-refractivity contribution in [2.75, 3.05) is 19.0 Å². The Labute approximate surface area is 163 Å². The topological polar surface area (TPSA) is 58.4 Å². The van der Waals surface area contributed by atoms with Crippen molar-refractivity contribution in [2.45, 2.75) is 6.04 Å². The number of hydrogen-bond donors (Lipinski definition) is 1. The molecule has 0 fully saturated rings. The quantitative estimate of drug-likeness (QED) is 0.564. The average Bonchev–Trinajstić information content (AvgIpc) is 3.16. The largest absolute Gasteiger partial charge is 0.459 e. The van der Waals surface area contributed by atoms with Crippen molar-refractivity contribution in [3.8, 4) is 0 Å². The SMILES string of the molecule is CN(C)c1cc(C(=O)N[C@@H](c2ccccc2)c2cc3ccccc3o2)ccn1. The maximum absolute atomic E-state index is 13.0. The van der Waals surface area contributed by atoms with Crippen LogP contribution in [0.3, 0.4) is 0 Å². The summed E-state index contributed by atoms with van der Waals surface area (Å²) >= 11 is 0. The van der Waals surface area contributed by atoms with Crippen LogP contribution >= 0.6 is 0 Å².